The lowest BCUT2D eigenvalue weighted by atomic mass is 10.1. The number of nitrogens with zero attached hydrogens (tertiary/aromatic N) is 1. The molecule has 0 radical (unpaired) electrons. The van der Waals surface area contributed by atoms with Gasteiger partial charge in [0.25, 0.3) is 5.91 Å². The fourth-order valence-corrected chi connectivity index (χ4v) is 1.94. The molecule has 0 saturated heterocycles. The van der Waals surface area contributed by atoms with Gasteiger partial charge in [-0.3, -0.25) is 9.59 Å². The van der Waals surface area contributed by atoms with Crippen LogP contribution in [0.1, 0.15) is 31.1 Å². The molecule has 1 aromatic rings. The third kappa shape index (κ3) is 4.65. The fourth-order valence-electron chi connectivity index (χ4n) is 1.94. The molecule has 0 aliphatic carbocycles. The molecule has 0 aliphatic heterocycles. The van der Waals surface area contributed by atoms with Gasteiger partial charge in [0.05, 0.1) is 19.1 Å². The van der Waals surface area contributed by atoms with Gasteiger partial charge in [-0.05, 0) is 32.0 Å². The zero-order valence-corrected chi connectivity index (χ0v) is 13.6. The maximum Gasteiger partial charge on any atom is 0.308 e. The molecule has 0 saturated carbocycles. The van der Waals surface area contributed by atoms with E-state index in [9.17, 15) is 9.59 Å². The van der Waals surface area contributed by atoms with Crippen molar-refractivity contribution in [2.45, 2.75) is 26.9 Å². The number of carboxylic acids is 1. The number of carbonyl (C=O) groups excluding carboxylic acids is 1. The summed E-state index contributed by atoms with van der Waals surface area (Å²) in [5.41, 5.74) is 0.424. The Labute approximate surface area is 130 Å². The number of rotatable bonds is 7. The van der Waals surface area contributed by atoms with Crippen molar-refractivity contribution >= 4 is 11.9 Å². The minimum Gasteiger partial charge on any atom is -0.493 e. The van der Waals surface area contributed by atoms with Crippen LogP contribution in [0.15, 0.2) is 18.2 Å². The maximum atomic E-state index is 12.3. The Hall–Kier alpha value is -2.24. The fraction of sp³-hybridized carbons (Fsp3) is 0.500. The number of amides is 1. The van der Waals surface area contributed by atoms with E-state index in [4.69, 9.17) is 14.6 Å². The Bertz CT molecular complexity index is 541. The summed E-state index contributed by atoms with van der Waals surface area (Å²) in [7, 11) is 3.08. The molecule has 0 bridgehead atoms. The molecule has 6 heteroatoms. The summed E-state index contributed by atoms with van der Waals surface area (Å²) in [4.78, 5) is 24.6. The van der Waals surface area contributed by atoms with E-state index in [1.54, 1.807) is 32.2 Å². The number of ether oxygens (including phenoxy) is 2. The highest BCUT2D eigenvalue weighted by Gasteiger charge is 2.20. The minimum absolute atomic E-state index is 0.00505. The quantitative estimate of drug-likeness (QED) is 0.836. The molecule has 1 unspecified atom stereocenters. The first-order valence-corrected chi connectivity index (χ1v) is 7.09. The average Bonchev–Trinajstić information content (AvgIpc) is 2.45. The van der Waals surface area contributed by atoms with Gasteiger partial charge in [-0.25, -0.2) is 0 Å². The first-order valence-electron chi connectivity index (χ1n) is 7.09. The molecule has 22 heavy (non-hydrogen) atoms. The van der Waals surface area contributed by atoms with Gasteiger partial charge in [-0.15, -0.1) is 0 Å². The highest BCUT2D eigenvalue weighted by atomic mass is 16.5. The number of aliphatic carboxylic acids is 1. The lowest BCUT2D eigenvalue weighted by Gasteiger charge is -2.20. The molecule has 1 N–H and O–H groups in total. The monoisotopic (exact) mass is 309 g/mol. The van der Waals surface area contributed by atoms with Crippen molar-refractivity contribution in [3.05, 3.63) is 23.8 Å². The molecule has 0 aromatic heterocycles. The summed E-state index contributed by atoms with van der Waals surface area (Å²) in [6, 6.07) is 4.92. The third-order valence-electron chi connectivity index (χ3n) is 3.09. The van der Waals surface area contributed by atoms with Crippen LogP contribution in [0.25, 0.3) is 0 Å². The van der Waals surface area contributed by atoms with E-state index >= 15 is 0 Å². The SMILES string of the molecule is COc1cc(C(=O)N(C)CC(C)C(=O)O)ccc1OC(C)C. The first kappa shape index (κ1) is 17.8. The van der Waals surface area contributed by atoms with Gasteiger partial charge in [-0.2, -0.15) is 0 Å². The third-order valence-corrected chi connectivity index (χ3v) is 3.09. The van der Waals surface area contributed by atoms with Crippen molar-refractivity contribution in [3.63, 3.8) is 0 Å². The maximum absolute atomic E-state index is 12.3. The Morgan fingerprint density at radius 1 is 1.23 bits per heavy atom. The molecule has 0 heterocycles. The Morgan fingerprint density at radius 2 is 1.86 bits per heavy atom. The van der Waals surface area contributed by atoms with Crippen LogP contribution in [0.2, 0.25) is 0 Å². The van der Waals surface area contributed by atoms with E-state index < -0.39 is 11.9 Å². The normalized spacial score (nSPS) is 11.9. The predicted octanol–water partition coefficient (Wildman–Crippen LogP) is 2.28. The van der Waals surface area contributed by atoms with Crippen molar-refractivity contribution < 1.29 is 24.2 Å². The van der Waals surface area contributed by atoms with Crippen molar-refractivity contribution in [1.82, 2.24) is 4.90 Å². The molecule has 6 nitrogen and oxygen atoms in total. The second-order valence-electron chi connectivity index (χ2n) is 5.46. The van der Waals surface area contributed by atoms with E-state index in [0.29, 0.717) is 17.1 Å². The zero-order chi connectivity index (χ0) is 16.9. The number of benzene rings is 1. The van der Waals surface area contributed by atoms with E-state index in [0.717, 1.165) is 0 Å². The van der Waals surface area contributed by atoms with Gasteiger partial charge in [0, 0.05) is 19.2 Å². The lowest BCUT2D eigenvalue weighted by molar-refractivity contribution is -0.141. The van der Waals surface area contributed by atoms with Crippen molar-refractivity contribution in [2.75, 3.05) is 20.7 Å². The van der Waals surface area contributed by atoms with Crippen molar-refractivity contribution in [1.29, 1.82) is 0 Å². The molecule has 1 rings (SSSR count). The highest BCUT2D eigenvalue weighted by molar-refractivity contribution is 5.95. The van der Waals surface area contributed by atoms with Crippen LogP contribution in [-0.4, -0.2) is 48.7 Å². The summed E-state index contributed by atoms with van der Waals surface area (Å²) < 4.78 is 10.8. The van der Waals surface area contributed by atoms with Gasteiger partial charge >= 0.3 is 5.97 Å². The number of carbonyl (C=O) groups is 2. The van der Waals surface area contributed by atoms with Crippen LogP contribution in [0.5, 0.6) is 11.5 Å². The van der Waals surface area contributed by atoms with Gasteiger partial charge in [0.2, 0.25) is 0 Å². The summed E-state index contributed by atoms with van der Waals surface area (Å²) in [6.07, 6.45) is -0.00505. The molecule has 1 amide bonds. The zero-order valence-electron chi connectivity index (χ0n) is 13.6. The molecule has 0 spiro atoms. The van der Waals surface area contributed by atoms with Gasteiger partial charge in [0.1, 0.15) is 0 Å². The summed E-state index contributed by atoms with van der Waals surface area (Å²) in [5.74, 6) is -0.783. The Balaban J connectivity index is 2.92. The van der Waals surface area contributed by atoms with Crippen molar-refractivity contribution in [2.24, 2.45) is 5.92 Å². The Kier molecular flexibility index (Phi) is 6.22. The summed E-state index contributed by atoms with van der Waals surface area (Å²) in [5, 5.41) is 8.91. The van der Waals surface area contributed by atoms with E-state index in [1.807, 2.05) is 13.8 Å². The van der Waals surface area contributed by atoms with E-state index in [-0.39, 0.29) is 18.6 Å². The van der Waals surface area contributed by atoms with Crippen LogP contribution in [0.4, 0.5) is 0 Å². The van der Waals surface area contributed by atoms with Gasteiger partial charge < -0.3 is 19.5 Å². The minimum atomic E-state index is -0.932. The second kappa shape index (κ2) is 7.68. The number of methoxy groups -OCH3 is 1. The van der Waals surface area contributed by atoms with Crippen LogP contribution >= 0.6 is 0 Å². The van der Waals surface area contributed by atoms with E-state index in [2.05, 4.69) is 0 Å². The molecular weight excluding hydrogens is 286 g/mol. The molecule has 0 fully saturated rings. The number of carboxylic acid groups (broad SMARTS) is 1. The number of hydrogen-bond acceptors (Lipinski definition) is 4. The van der Waals surface area contributed by atoms with Gasteiger partial charge in [-0.1, -0.05) is 6.92 Å². The van der Waals surface area contributed by atoms with Crippen LogP contribution in [0, 0.1) is 5.92 Å². The van der Waals surface area contributed by atoms with Gasteiger partial charge in [0.15, 0.2) is 11.5 Å². The van der Waals surface area contributed by atoms with E-state index in [1.165, 1.54) is 12.0 Å². The van der Waals surface area contributed by atoms with Crippen LogP contribution in [0.3, 0.4) is 0 Å². The summed E-state index contributed by atoms with van der Waals surface area (Å²) >= 11 is 0. The Morgan fingerprint density at radius 3 is 2.36 bits per heavy atom. The lowest BCUT2D eigenvalue weighted by Crippen LogP contribution is -2.33. The number of hydrogen-bond donors (Lipinski definition) is 1. The van der Waals surface area contributed by atoms with Crippen LogP contribution < -0.4 is 9.47 Å². The largest absolute Gasteiger partial charge is 0.493 e. The smallest absolute Gasteiger partial charge is 0.308 e. The summed E-state index contributed by atoms with van der Waals surface area (Å²) in [6.45, 7) is 5.51. The second-order valence-corrected chi connectivity index (χ2v) is 5.46. The molecular formula is C16H23NO5. The predicted molar refractivity (Wildman–Crippen MR) is 82.5 cm³/mol. The highest BCUT2D eigenvalue weighted by Crippen LogP contribution is 2.29. The molecule has 1 atom stereocenters. The molecule has 122 valence electrons. The van der Waals surface area contributed by atoms with Crippen molar-refractivity contribution in [3.8, 4) is 11.5 Å². The standard InChI is InChI=1S/C16H23NO5/c1-10(2)22-13-7-6-12(8-14(13)21-5)15(18)17(4)9-11(3)16(19)20/h6-8,10-11H,9H2,1-5H3,(H,19,20). The molecule has 1 aromatic carbocycles. The molecule has 0 aliphatic rings. The average molecular weight is 309 g/mol. The topological polar surface area (TPSA) is 76.1 Å². The van der Waals surface area contributed by atoms with Crippen LogP contribution in [-0.2, 0) is 4.79 Å². The first-order chi connectivity index (χ1) is 10.3.